The summed E-state index contributed by atoms with van der Waals surface area (Å²) >= 11 is 0. The summed E-state index contributed by atoms with van der Waals surface area (Å²) in [6, 6.07) is 9.14. The van der Waals surface area contributed by atoms with Crippen molar-refractivity contribution in [2.24, 2.45) is 0 Å². The molecule has 3 nitrogen and oxygen atoms in total. The van der Waals surface area contributed by atoms with Crippen LogP contribution in [0, 0.1) is 11.6 Å². The molecule has 5 heteroatoms. The topological polar surface area (TPSA) is 52.3 Å². The summed E-state index contributed by atoms with van der Waals surface area (Å²) in [5.74, 6) is -1.03. The summed E-state index contributed by atoms with van der Waals surface area (Å²) in [7, 11) is 0. The van der Waals surface area contributed by atoms with Crippen LogP contribution in [0.1, 0.15) is 12.0 Å². The molecular weight excluding hydrogens is 264 g/mol. The average Bonchev–Trinajstić information content (AvgIpc) is 2.42. The molecule has 0 aliphatic rings. The van der Waals surface area contributed by atoms with Crippen molar-refractivity contribution in [3.05, 3.63) is 59.7 Å². The zero-order chi connectivity index (χ0) is 14.5. The van der Waals surface area contributed by atoms with Crippen LogP contribution < -0.4 is 10.5 Å². The maximum Gasteiger partial charge on any atom is 0.311 e. The van der Waals surface area contributed by atoms with E-state index in [0.29, 0.717) is 11.3 Å². The standard InChI is InChI=1S/C15H13F2NO2/c16-11-2-5-13(6-3-11)20-15(19)8-1-10-9-12(17)4-7-14(10)18/h2-7,9H,1,8,18H2. The first kappa shape index (κ1) is 14.0. The number of carbonyl (C=O) groups is 1. The molecule has 0 unspecified atom stereocenters. The number of nitrogens with two attached hydrogens (primary N) is 1. The second kappa shape index (κ2) is 6.14. The molecule has 20 heavy (non-hydrogen) atoms. The second-order valence-corrected chi connectivity index (χ2v) is 4.27. The first-order chi connectivity index (χ1) is 9.54. The van der Waals surface area contributed by atoms with E-state index >= 15 is 0 Å². The highest BCUT2D eigenvalue weighted by atomic mass is 19.1. The molecule has 2 aromatic carbocycles. The quantitative estimate of drug-likeness (QED) is 0.531. The number of benzene rings is 2. The van der Waals surface area contributed by atoms with Crippen molar-refractivity contribution < 1.29 is 18.3 Å². The molecule has 2 N–H and O–H groups in total. The molecule has 0 aliphatic carbocycles. The molecule has 0 saturated carbocycles. The van der Waals surface area contributed by atoms with Crippen molar-refractivity contribution in [1.82, 2.24) is 0 Å². The van der Waals surface area contributed by atoms with Crippen molar-refractivity contribution in [3.63, 3.8) is 0 Å². The smallest absolute Gasteiger partial charge is 0.311 e. The third-order valence-electron chi connectivity index (χ3n) is 2.75. The van der Waals surface area contributed by atoms with Crippen LogP contribution in [0.15, 0.2) is 42.5 Å². The summed E-state index contributed by atoms with van der Waals surface area (Å²) in [5, 5.41) is 0. The Morgan fingerprint density at radius 2 is 1.70 bits per heavy atom. The normalized spacial score (nSPS) is 10.3. The van der Waals surface area contributed by atoms with E-state index in [1.165, 1.54) is 42.5 Å². The van der Waals surface area contributed by atoms with Crippen molar-refractivity contribution in [2.45, 2.75) is 12.8 Å². The Kier molecular flexibility index (Phi) is 4.30. The first-order valence-corrected chi connectivity index (χ1v) is 6.05. The van der Waals surface area contributed by atoms with Gasteiger partial charge < -0.3 is 10.5 Å². The fourth-order valence-corrected chi connectivity index (χ4v) is 1.71. The number of ether oxygens (including phenoxy) is 1. The fraction of sp³-hybridized carbons (Fsp3) is 0.133. The van der Waals surface area contributed by atoms with Crippen LogP contribution >= 0.6 is 0 Å². The number of carbonyl (C=O) groups excluding carboxylic acids is 1. The number of aryl methyl sites for hydroxylation is 1. The van der Waals surface area contributed by atoms with Crippen LogP contribution in [0.4, 0.5) is 14.5 Å². The van der Waals surface area contributed by atoms with Gasteiger partial charge in [-0.2, -0.15) is 0 Å². The number of nitrogen functional groups attached to an aromatic ring is 1. The Hall–Kier alpha value is -2.43. The number of hydrogen-bond donors (Lipinski definition) is 1. The fourth-order valence-electron chi connectivity index (χ4n) is 1.71. The summed E-state index contributed by atoms with van der Waals surface area (Å²) in [6.45, 7) is 0. The Balaban J connectivity index is 1.92. The molecule has 0 heterocycles. The van der Waals surface area contributed by atoms with Gasteiger partial charge in [0, 0.05) is 5.69 Å². The number of hydrogen-bond acceptors (Lipinski definition) is 3. The minimum absolute atomic E-state index is 0.0605. The van der Waals surface area contributed by atoms with Crippen LogP contribution in [-0.4, -0.2) is 5.97 Å². The van der Waals surface area contributed by atoms with Gasteiger partial charge >= 0.3 is 5.97 Å². The molecule has 0 amide bonds. The maximum absolute atomic E-state index is 13.0. The van der Waals surface area contributed by atoms with Gasteiger partial charge in [-0.3, -0.25) is 4.79 Å². The zero-order valence-corrected chi connectivity index (χ0v) is 10.6. The van der Waals surface area contributed by atoms with Crippen LogP contribution in [0.2, 0.25) is 0 Å². The van der Waals surface area contributed by atoms with Gasteiger partial charge in [0.25, 0.3) is 0 Å². The summed E-state index contributed by atoms with van der Waals surface area (Å²) in [6.07, 6.45) is 0.342. The summed E-state index contributed by atoms with van der Waals surface area (Å²) in [4.78, 5) is 11.6. The largest absolute Gasteiger partial charge is 0.427 e. The van der Waals surface area contributed by atoms with Gasteiger partial charge in [0.1, 0.15) is 17.4 Å². The molecule has 0 bridgehead atoms. The van der Waals surface area contributed by atoms with Crippen molar-refractivity contribution >= 4 is 11.7 Å². The number of esters is 1. The van der Waals surface area contributed by atoms with Gasteiger partial charge in [0.15, 0.2) is 0 Å². The third kappa shape index (κ3) is 3.78. The summed E-state index contributed by atoms with van der Waals surface area (Å²) in [5.41, 5.74) is 6.67. The lowest BCUT2D eigenvalue weighted by molar-refractivity contribution is -0.134. The maximum atomic E-state index is 13.0. The lowest BCUT2D eigenvalue weighted by atomic mass is 10.1. The Morgan fingerprint density at radius 1 is 1.05 bits per heavy atom. The van der Waals surface area contributed by atoms with Gasteiger partial charge in [-0.15, -0.1) is 0 Å². The monoisotopic (exact) mass is 277 g/mol. The van der Waals surface area contributed by atoms with Crippen LogP contribution in [0.5, 0.6) is 5.75 Å². The van der Waals surface area contributed by atoms with Crippen molar-refractivity contribution in [1.29, 1.82) is 0 Å². The molecule has 0 fully saturated rings. The molecule has 0 atom stereocenters. The number of rotatable bonds is 4. The molecule has 0 spiro atoms. The Morgan fingerprint density at radius 3 is 2.40 bits per heavy atom. The molecule has 0 aliphatic heterocycles. The van der Waals surface area contributed by atoms with E-state index in [9.17, 15) is 13.6 Å². The van der Waals surface area contributed by atoms with E-state index in [4.69, 9.17) is 10.5 Å². The first-order valence-electron chi connectivity index (χ1n) is 6.05. The minimum atomic E-state index is -0.486. The molecule has 0 saturated heterocycles. The highest BCUT2D eigenvalue weighted by Gasteiger charge is 2.08. The van der Waals surface area contributed by atoms with E-state index in [1.54, 1.807) is 0 Å². The predicted octanol–water partition coefficient (Wildman–Crippen LogP) is 3.09. The van der Waals surface area contributed by atoms with E-state index in [1.807, 2.05) is 0 Å². The summed E-state index contributed by atoms with van der Waals surface area (Å²) < 4.78 is 30.8. The SMILES string of the molecule is Nc1ccc(F)cc1CCC(=O)Oc1ccc(F)cc1. The van der Waals surface area contributed by atoms with Crippen LogP contribution in [0.25, 0.3) is 0 Å². The van der Waals surface area contributed by atoms with Gasteiger partial charge in [-0.05, 0) is 54.4 Å². The van der Waals surface area contributed by atoms with Crippen LogP contribution in [0.3, 0.4) is 0 Å². The highest BCUT2D eigenvalue weighted by molar-refractivity contribution is 5.73. The molecule has 0 aromatic heterocycles. The third-order valence-corrected chi connectivity index (χ3v) is 2.75. The van der Waals surface area contributed by atoms with E-state index in [0.717, 1.165) is 0 Å². The molecule has 0 radical (unpaired) electrons. The van der Waals surface area contributed by atoms with E-state index in [-0.39, 0.29) is 18.6 Å². The van der Waals surface area contributed by atoms with Gasteiger partial charge in [-0.25, -0.2) is 8.78 Å². The molecule has 2 rings (SSSR count). The molecule has 104 valence electrons. The minimum Gasteiger partial charge on any atom is -0.427 e. The molecular formula is C15H13F2NO2. The Bertz CT molecular complexity index is 612. The van der Waals surface area contributed by atoms with Crippen LogP contribution in [-0.2, 0) is 11.2 Å². The predicted molar refractivity (Wildman–Crippen MR) is 71.2 cm³/mol. The average molecular weight is 277 g/mol. The van der Waals surface area contributed by atoms with E-state index < -0.39 is 17.6 Å². The van der Waals surface area contributed by atoms with Gasteiger partial charge in [-0.1, -0.05) is 0 Å². The second-order valence-electron chi connectivity index (χ2n) is 4.27. The van der Waals surface area contributed by atoms with E-state index in [2.05, 4.69) is 0 Å². The van der Waals surface area contributed by atoms with Gasteiger partial charge in [0.05, 0.1) is 6.42 Å². The lowest BCUT2D eigenvalue weighted by Crippen LogP contribution is -2.09. The van der Waals surface area contributed by atoms with Crippen molar-refractivity contribution in [2.75, 3.05) is 5.73 Å². The highest BCUT2D eigenvalue weighted by Crippen LogP contribution is 2.17. The number of anilines is 1. The number of halogens is 2. The van der Waals surface area contributed by atoms with Gasteiger partial charge in [0.2, 0.25) is 0 Å². The van der Waals surface area contributed by atoms with Crippen molar-refractivity contribution in [3.8, 4) is 5.75 Å². The molecule has 2 aromatic rings. The Labute approximate surface area is 115 Å². The lowest BCUT2D eigenvalue weighted by Gasteiger charge is -2.06. The zero-order valence-electron chi connectivity index (χ0n) is 10.6.